The molecule has 3 aromatic carbocycles. The highest BCUT2D eigenvalue weighted by Crippen LogP contribution is 2.13. The summed E-state index contributed by atoms with van der Waals surface area (Å²) in [6.45, 7) is 0.0896. The topological polar surface area (TPSA) is 44.1 Å². The Morgan fingerprint density at radius 1 is 0.968 bits per heavy atom. The summed E-state index contributed by atoms with van der Waals surface area (Å²) in [6.07, 6.45) is 1.97. The van der Waals surface area contributed by atoms with Gasteiger partial charge in [0.05, 0.1) is 30.9 Å². The van der Waals surface area contributed by atoms with Gasteiger partial charge in [0.2, 0.25) is 0 Å². The van der Waals surface area contributed by atoms with Gasteiger partial charge in [-0.15, -0.1) is 0 Å². The molecule has 154 valence electrons. The van der Waals surface area contributed by atoms with Gasteiger partial charge in [0.1, 0.15) is 5.75 Å². The van der Waals surface area contributed by atoms with E-state index < -0.39 is 11.6 Å². The van der Waals surface area contributed by atoms with Gasteiger partial charge >= 0.3 is 0 Å². The molecule has 0 saturated heterocycles. The van der Waals surface area contributed by atoms with Crippen molar-refractivity contribution in [1.29, 1.82) is 0 Å². The summed E-state index contributed by atoms with van der Waals surface area (Å²) in [5.41, 5.74) is 2.51. The summed E-state index contributed by atoms with van der Waals surface area (Å²) in [7, 11) is 1.62. The summed E-state index contributed by atoms with van der Waals surface area (Å²) < 4.78 is 33.1. The Bertz CT molecular complexity index is 1370. The molecule has 0 N–H and O–H groups in total. The van der Waals surface area contributed by atoms with E-state index in [0.29, 0.717) is 28.5 Å². The third kappa shape index (κ3) is 4.62. The van der Waals surface area contributed by atoms with Crippen LogP contribution in [0.5, 0.6) is 5.75 Å². The van der Waals surface area contributed by atoms with Crippen LogP contribution in [0, 0.1) is 23.5 Å². The van der Waals surface area contributed by atoms with Gasteiger partial charge in [-0.2, -0.15) is 0 Å². The van der Waals surface area contributed by atoms with E-state index in [1.807, 2.05) is 30.3 Å². The number of benzene rings is 3. The van der Waals surface area contributed by atoms with Gasteiger partial charge in [-0.25, -0.2) is 13.8 Å². The predicted octanol–water partition coefficient (Wildman–Crippen LogP) is 4.33. The molecule has 0 radical (unpaired) electrons. The summed E-state index contributed by atoms with van der Waals surface area (Å²) in [5.74, 6) is 5.10. The van der Waals surface area contributed by atoms with Crippen LogP contribution in [0.25, 0.3) is 10.9 Å². The molecule has 4 nitrogen and oxygen atoms in total. The zero-order valence-electron chi connectivity index (χ0n) is 16.7. The molecule has 4 rings (SSSR count). The number of methoxy groups -OCH3 is 1. The molecule has 0 atom stereocenters. The van der Waals surface area contributed by atoms with E-state index in [4.69, 9.17) is 4.74 Å². The lowest BCUT2D eigenvalue weighted by molar-refractivity contribution is 0.414. The molecule has 0 amide bonds. The largest absolute Gasteiger partial charge is 0.497 e. The minimum Gasteiger partial charge on any atom is -0.497 e. The van der Waals surface area contributed by atoms with Crippen LogP contribution < -0.4 is 10.3 Å². The molecule has 0 aliphatic heterocycles. The van der Waals surface area contributed by atoms with Crippen molar-refractivity contribution in [2.75, 3.05) is 7.11 Å². The second-order valence-corrected chi connectivity index (χ2v) is 6.98. The van der Waals surface area contributed by atoms with Crippen LogP contribution in [-0.2, 0) is 13.0 Å². The van der Waals surface area contributed by atoms with Gasteiger partial charge in [0.15, 0.2) is 11.6 Å². The van der Waals surface area contributed by atoms with Crippen molar-refractivity contribution < 1.29 is 13.5 Å². The lowest BCUT2D eigenvalue weighted by Crippen LogP contribution is -2.21. The average molecular weight is 416 g/mol. The maximum absolute atomic E-state index is 13.5. The Kier molecular flexibility index (Phi) is 5.76. The summed E-state index contributed by atoms with van der Waals surface area (Å²) >= 11 is 0. The quantitative estimate of drug-likeness (QED) is 0.466. The highest BCUT2D eigenvalue weighted by molar-refractivity contribution is 5.79. The summed E-state index contributed by atoms with van der Waals surface area (Å²) in [5, 5.41) is 0.418. The van der Waals surface area contributed by atoms with Crippen molar-refractivity contribution in [1.82, 2.24) is 9.55 Å². The van der Waals surface area contributed by atoms with Crippen LogP contribution in [0.15, 0.2) is 71.8 Å². The molecule has 1 aromatic heterocycles. The monoisotopic (exact) mass is 416 g/mol. The molecule has 0 saturated carbocycles. The number of fused-ring (bicyclic) bond motifs is 1. The number of ether oxygens (including phenoxy) is 1. The number of nitrogens with zero attached hydrogens (tertiary/aromatic N) is 2. The molecule has 31 heavy (non-hydrogen) atoms. The molecule has 0 unspecified atom stereocenters. The second kappa shape index (κ2) is 8.80. The first kappa shape index (κ1) is 20.3. The van der Waals surface area contributed by atoms with Gasteiger partial charge in [0, 0.05) is 12.0 Å². The molecule has 0 aliphatic carbocycles. The molecule has 4 aromatic rings. The van der Waals surface area contributed by atoms with Gasteiger partial charge in [0.25, 0.3) is 5.56 Å². The number of aromatic nitrogens is 2. The first-order valence-corrected chi connectivity index (χ1v) is 9.58. The normalized spacial score (nSPS) is 10.5. The minimum absolute atomic E-state index is 0.0896. The molecule has 6 heteroatoms. The summed E-state index contributed by atoms with van der Waals surface area (Å²) in [4.78, 5) is 17.2. The predicted molar refractivity (Wildman–Crippen MR) is 115 cm³/mol. The van der Waals surface area contributed by atoms with Crippen molar-refractivity contribution >= 4 is 10.9 Å². The Morgan fingerprint density at radius 2 is 1.74 bits per heavy atom. The Labute approximate surface area is 177 Å². The van der Waals surface area contributed by atoms with Crippen molar-refractivity contribution in [2.24, 2.45) is 0 Å². The van der Waals surface area contributed by atoms with Crippen LogP contribution in [0.3, 0.4) is 0 Å². The second-order valence-electron chi connectivity index (χ2n) is 6.98. The lowest BCUT2D eigenvalue weighted by atomic mass is 10.1. The fourth-order valence-electron chi connectivity index (χ4n) is 3.18. The highest BCUT2D eigenvalue weighted by atomic mass is 19.2. The standard InChI is InChI=1S/C25H18F2N2O2/c1-31-20-9-5-17(6-10-20)3-2-4-18-8-12-24-21(13-18)25(30)29(16-28-24)15-19-7-11-22(26)23(27)14-19/h5-14,16H,3,15H2,1H3. The fourth-order valence-corrected chi connectivity index (χ4v) is 3.18. The van der Waals surface area contributed by atoms with E-state index in [-0.39, 0.29) is 12.1 Å². The van der Waals surface area contributed by atoms with Crippen LogP contribution in [0.1, 0.15) is 16.7 Å². The van der Waals surface area contributed by atoms with Gasteiger partial charge < -0.3 is 4.74 Å². The van der Waals surface area contributed by atoms with Crippen molar-refractivity contribution in [3.8, 4) is 17.6 Å². The zero-order valence-corrected chi connectivity index (χ0v) is 16.7. The Morgan fingerprint density at radius 3 is 2.48 bits per heavy atom. The van der Waals surface area contributed by atoms with Gasteiger partial charge in [-0.3, -0.25) is 9.36 Å². The first-order chi connectivity index (χ1) is 15.0. The minimum atomic E-state index is -0.950. The maximum Gasteiger partial charge on any atom is 0.261 e. The Hall–Kier alpha value is -3.98. The van der Waals surface area contributed by atoms with Crippen LogP contribution >= 0.6 is 0 Å². The number of hydrogen-bond acceptors (Lipinski definition) is 3. The molecular formula is C25H18F2N2O2. The summed E-state index contributed by atoms with van der Waals surface area (Å²) in [6, 6.07) is 16.5. The molecule has 0 aliphatic rings. The van der Waals surface area contributed by atoms with E-state index in [2.05, 4.69) is 16.8 Å². The van der Waals surface area contributed by atoms with E-state index in [0.717, 1.165) is 23.4 Å². The van der Waals surface area contributed by atoms with Crippen molar-refractivity contribution in [2.45, 2.75) is 13.0 Å². The maximum atomic E-state index is 13.5. The van der Waals surface area contributed by atoms with E-state index >= 15 is 0 Å². The first-order valence-electron chi connectivity index (χ1n) is 9.58. The lowest BCUT2D eigenvalue weighted by Gasteiger charge is -2.07. The van der Waals surface area contributed by atoms with Crippen molar-refractivity contribution in [3.63, 3.8) is 0 Å². The van der Waals surface area contributed by atoms with Gasteiger partial charge in [-0.1, -0.05) is 30.0 Å². The zero-order chi connectivity index (χ0) is 21.8. The SMILES string of the molecule is COc1ccc(CC#Cc2ccc3ncn(Cc4ccc(F)c(F)c4)c(=O)c3c2)cc1. The molecule has 1 heterocycles. The van der Waals surface area contributed by atoms with E-state index in [1.165, 1.54) is 17.0 Å². The average Bonchev–Trinajstić information content (AvgIpc) is 2.79. The smallest absolute Gasteiger partial charge is 0.261 e. The molecule has 0 fully saturated rings. The van der Waals surface area contributed by atoms with Crippen molar-refractivity contribution in [3.05, 3.63) is 106 Å². The molecular weight excluding hydrogens is 398 g/mol. The van der Waals surface area contributed by atoms with E-state index in [1.54, 1.807) is 19.2 Å². The molecule has 0 spiro atoms. The van der Waals surface area contributed by atoms with Crippen LogP contribution in [0.4, 0.5) is 8.78 Å². The number of halogens is 2. The van der Waals surface area contributed by atoms with Gasteiger partial charge in [-0.05, 0) is 53.6 Å². The van der Waals surface area contributed by atoms with E-state index in [9.17, 15) is 13.6 Å². The number of rotatable bonds is 4. The third-order valence-electron chi connectivity index (χ3n) is 4.85. The highest BCUT2D eigenvalue weighted by Gasteiger charge is 2.08. The van der Waals surface area contributed by atoms with Crippen LogP contribution in [0.2, 0.25) is 0 Å². The van der Waals surface area contributed by atoms with Crippen LogP contribution in [-0.4, -0.2) is 16.7 Å². The Balaban J connectivity index is 1.58. The third-order valence-corrected chi connectivity index (χ3v) is 4.85. The number of hydrogen-bond donors (Lipinski definition) is 0. The fraction of sp³-hybridized carbons (Fsp3) is 0.120. The molecule has 0 bridgehead atoms.